The van der Waals surface area contributed by atoms with E-state index in [1.165, 1.54) is 83.3 Å². The zero-order valence-electron chi connectivity index (χ0n) is 13.0. The van der Waals surface area contributed by atoms with Crippen LogP contribution in [0, 0.1) is 0 Å². The van der Waals surface area contributed by atoms with Crippen LogP contribution in [0.2, 0.25) is 0 Å². The molecular formula is C18H34O. The first-order valence-electron chi connectivity index (χ1n) is 8.29. The van der Waals surface area contributed by atoms with E-state index in [0.29, 0.717) is 0 Å². The van der Waals surface area contributed by atoms with E-state index in [0.717, 1.165) is 6.61 Å². The summed E-state index contributed by atoms with van der Waals surface area (Å²) in [6.45, 7) is 6.64. The second-order valence-electron chi connectivity index (χ2n) is 5.27. The van der Waals surface area contributed by atoms with Gasteiger partial charge in [-0.25, -0.2) is 0 Å². The summed E-state index contributed by atoms with van der Waals surface area (Å²) >= 11 is 0. The quantitative estimate of drug-likeness (QED) is 0.189. The van der Waals surface area contributed by atoms with Crippen molar-refractivity contribution >= 4 is 0 Å². The third-order valence-electron chi connectivity index (χ3n) is 3.39. The SMILES string of the molecule is C=COCCCCCCCC/C=C\CCCCCC. The molecule has 0 saturated heterocycles. The molecule has 0 bridgehead atoms. The molecule has 0 amide bonds. The first-order valence-corrected chi connectivity index (χ1v) is 8.29. The summed E-state index contributed by atoms with van der Waals surface area (Å²) < 4.78 is 5.10. The Hall–Kier alpha value is -0.720. The molecule has 0 heterocycles. The van der Waals surface area contributed by atoms with Crippen molar-refractivity contribution < 1.29 is 4.74 Å². The topological polar surface area (TPSA) is 9.23 Å². The average molecular weight is 266 g/mol. The van der Waals surface area contributed by atoms with Gasteiger partial charge in [0.25, 0.3) is 0 Å². The molecule has 0 spiro atoms. The van der Waals surface area contributed by atoms with Crippen LogP contribution >= 0.6 is 0 Å². The molecule has 0 unspecified atom stereocenters. The number of rotatable bonds is 15. The van der Waals surface area contributed by atoms with Gasteiger partial charge in [-0.3, -0.25) is 0 Å². The van der Waals surface area contributed by atoms with Crippen molar-refractivity contribution in [3.05, 3.63) is 25.0 Å². The van der Waals surface area contributed by atoms with Crippen molar-refractivity contribution in [2.75, 3.05) is 6.61 Å². The van der Waals surface area contributed by atoms with Gasteiger partial charge in [0.05, 0.1) is 12.9 Å². The van der Waals surface area contributed by atoms with Crippen molar-refractivity contribution in [2.24, 2.45) is 0 Å². The van der Waals surface area contributed by atoms with Gasteiger partial charge < -0.3 is 4.74 Å². The summed E-state index contributed by atoms with van der Waals surface area (Å²) in [4.78, 5) is 0. The first-order chi connectivity index (χ1) is 9.41. The second kappa shape index (κ2) is 17.3. The van der Waals surface area contributed by atoms with Gasteiger partial charge in [-0.1, -0.05) is 70.6 Å². The molecule has 1 nitrogen and oxygen atoms in total. The summed E-state index contributed by atoms with van der Waals surface area (Å²) in [6.07, 6.45) is 22.3. The van der Waals surface area contributed by atoms with E-state index in [1.807, 2.05) is 0 Å². The van der Waals surface area contributed by atoms with Gasteiger partial charge in [-0.15, -0.1) is 0 Å². The van der Waals surface area contributed by atoms with Gasteiger partial charge in [0.1, 0.15) is 0 Å². The molecule has 0 aliphatic rings. The zero-order valence-corrected chi connectivity index (χ0v) is 13.0. The van der Waals surface area contributed by atoms with E-state index in [1.54, 1.807) is 0 Å². The molecule has 1 heteroatoms. The van der Waals surface area contributed by atoms with Gasteiger partial charge in [0.2, 0.25) is 0 Å². The molecule has 0 aliphatic carbocycles. The highest BCUT2D eigenvalue weighted by Crippen LogP contribution is 2.08. The molecule has 0 saturated carbocycles. The maximum atomic E-state index is 5.10. The molecule has 0 rings (SSSR count). The van der Waals surface area contributed by atoms with E-state index < -0.39 is 0 Å². The van der Waals surface area contributed by atoms with Crippen LogP contribution < -0.4 is 0 Å². The lowest BCUT2D eigenvalue weighted by molar-refractivity contribution is 0.241. The van der Waals surface area contributed by atoms with E-state index in [2.05, 4.69) is 25.7 Å². The summed E-state index contributed by atoms with van der Waals surface area (Å²) in [6, 6.07) is 0. The van der Waals surface area contributed by atoms with Crippen LogP contribution in [0.5, 0.6) is 0 Å². The molecule has 0 aliphatic heterocycles. The Kier molecular flexibility index (Phi) is 16.6. The van der Waals surface area contributed by atoms with E-state index in [-0.39, 0.29) is 0 Å². The van der Waals surface area contributed by atoms with Crippen molar-refractivity contribution in [3.8, 4) is 0 Å². The third-order valence-corrected chi connectivity index (χ3v) is 3.39. The van der Waals surface area contributed by atoms with Crippen molar-refractivity contribution in [2.45, 2.75) is 84.0 Å². The van der Waals surface area contributed by atoms with Crippen molar-refractivity contribution in [3.63, 3.8) is 0 Å². The lowest BCUT2D eigenvalue weighted by Gasteiger charge is -2.01. The highest BCUT2D eigenvalue weighted by atomic mass is 16.5. The summed E-state index contributed by atoms with van der Waals surface area (Å²) in [5.41, 5.74) is 0. The summed E-state index contributed by atoms with van der Waals surface area (Å²) in [5, 5.41) is 0. The number of hydrogen-bond donors (Lipinski definition) is 0. The lowest BCUT2D eigenvalue weighted by atomic mass is 10.1. The first kappa shape index (κ1) is 18.3. The van der Waals surface area contributed by atoms with Gasteiger partial charge in [0, 0.05) is 0 Å². The van der Waals surface area contributed by atoms with Gasteiger partial charge in [0.15, 0.2) is 0 Å². The number of unbranched alkanes of at least 4 members (excludes halogenated alkanes) is 10. The Labute approximate surface area is 121 Å². The van der Waals surface area contributed by atoms with Crippen LogP contribution in [0.25, 0.3) is 0 Å². The van der Waals surface area contributed by atoms with Crippen LogP contribution in [0.3, 0.4) is 0 Å². The van der Waals surface area contributed by atoms with Crippen LogP contribution in [0.1, 0.15) is 84.0 Å². The highest BCUT2D eigenvalue weighted by Gasteiger charge is 1.91. The van der Waals surface area contributed by atoms with Crippen LogP contribution in [0.15, 0.2) is 25.0 Å². The third kappa shape index (κ3) is 17.3. The molecular weight excluding hydrogens is 232 g/mol. The molecule has 0 aromatic heterocycles. The molecule has 0 N–H and O–H groups in total. The Morgan fingerprint density at radius 2 is 1.26 bits per heavy atom. The minimum atomic E-state index is 0.838. The maximum Gasteiger partial charge on any atom is 0.0873 e. The van der Waals surface area contributed by atoms with Crippen LogP contribution in [-0.4, -0.2) is 6.61 Å². The minimum absolute atomic E-state index is 0.838. The monoisotopic (exact) mass is 266 g/mol. The standard InChI is InChI=1S/C18H34O/c1-3-5-6-7-8-9-10-11-12-13-14-15-16-17-18-19-4-2/h4,9-10H,2-3,5-8,11-18H2,1H3/b10-9-. The molecule has 0 atom stereocenters. The minimum Gasteiger partial charge on any atom is -0.502 e. The Morgan fingerprint density at radius 1 is 0.737 bits per heavy atom. The van der Waals surface area contributed by atoms with Crippen LogP contribution in [0.4, 0.5) is 0 Å². The van der Waals surface area contributed by atoms with Gasteiger partial charge >= 0.3 is 0 Å². The lowest BCUT2D eigenvalue weighted by Crippen LogP contribution is -1.87. The van der Waals surface area contributed by atoms with Gasteiger partial charge in [-0.05, 0) is 32.1 Å². The molecule has 19 heavy (non-hydrogen) atoms. The highest BCUT2D eigenvalue weighted by molar-refractivity contribution is 4.81. The fourth-order valence-electron chi connectivity index (χ4n) is 2.16. The number of allylic oxidation sites excluding steroid dienone is 2. The Balaban J connectivity index is 3.01. The smallest absolute Gasteiger partial charge is 0.0873 e. The van der Waals surface area contributed by atoms with E-state index in [9.17, 15) is 0 Å². The van der Waals surface area contributed by atoms with Gasteiger partial charge in [-0.2, -0.15) is 0 Å². The Morgan fingerprint density at radius 3 is 1.84 bits per heavy atom. The van der Waals surface area contributed by atoms with Crippen LogP contribution in [-0.2, 0) is 4.74 Å². The molecule has 0 aromatic rings. The zero-order chi connectivity index (χ0) is 14.0. The average Bonchev–Trinajstić information content (AvgIpc) is 2.43. The molecule has 0 radical (unpaired) electrons. The number of hydrogen-bond acceptors (Lipinski definition) is 1. The van der Waals surface area contributed by atoms with Crippen molar-refractivity contribution in [1.29, 1.82) is 0 Å². The fourth-order valence-corrected chi connectivity index (χ4v) is 2.16. The Bertz CT molecular complexity index is 196. The van der Waals surface area contributed by atoms with E-state index >= 15 is 0 Å². The molecule has 0 aromatic carbocycles. The summed E-state index contributed by atoms with van der Waals surface area (Å²) in [7, 11) is 0. The number of ether oxygens (including phenoxy) is 1. The predicted octanol–water partition coefficient (Wildman–Crippen LogP) is 6.40. The van der Waals surface area contributed by atoms with E-state index in [4.69, 9.17) is 4.74 Å². The van der Waals surface area contributed by atoms with Crippen molar-refractivity contribution in [1.82, 2.24) is 0 Å². The largest absolute Gasteiger partial charge is 0.502 e. The normalized spacial score (nSPS) is 11.0. The molecule has 112 valence electrons. The second-order valence-corrected chi connectivity index (χ2v) is 5.27. The summed E-state index contributed by atoms with van der Waals surface area (Å²) in [5.74, 6) is 0. The predicted molar refractivity (Wildman–Crippen MR) is 86.4 cm³/mol. The fraction of sp³-hybridized carbons (Fsp3) is 0.778. The molecule has 0 fully saturated rings. The maximum absolute atomic E-state index is 5.10.